The van der Waals surface area contributed by atoms with Gasteiger partial charge < -0.3 is 10.6 Å². The number of hydrogen-bond donors (Lipinski definition) is 1. The molecule has 1 saturated heterocycles. The summed E-state index contributed by atoms with van der Waals surface area (Å²) in [5, 5.41) is 0. The summed E-state index contributed by atoms with van der Waals surface area (Å²) in [6.45, 7) is 2.44. The zero-order valence-corrected chi connectivity index (χ0v) is 12.0. The zero-order valence-electron chi connectivity index (χ0n) is 12.0. The first-order valence-corrected chi connectivity index (χ1v) is 7.63. The topological polar surface area (TPSA) is 61.9 Å². The number of carbonyl (C=O) groups is 1. The standard InChI is InChI=1S/C16H20N4O/c17-14-16(8-9-19(11-16)13-6-7-13)20(15(21)18-14)10-12-4-2-1-3-5-12/h1-5,13H,6-11H2,(H2,17,18,21). The van der Waals surface area contributed by atoms with Crippen molar-refractivity contribution in [2.45, 2.75) is 37.4 Å². The molecule has 1 spiro atoms. The molecule has 1 aliphatic carbocycles. The summed E-state index contributed by atoms with van der Waals surface area (Å²) in [6.07, 6.45) is 3.46. The average molecular weight is 284 g/mol. The van der Waals surface area contributed by atoms with Crippen LogP contribution in [0.2, 0.25) is 0 Å². The second-order valence-corrected chi connectivity index (χ2v) is 6.33. The third-order valence-electron chi connectivity index (χ3n) is 4.96. The van der Waals surface area contributed by atoms with Crippen LogP contribution in [-0.2, 0) is 6.54 Å². The van der Waals surface area contributed by atoms with Crippen LogP contribution in [0.3, 0.4) is 0 Å². The van der Waals surface area contributed by atoms with E-state index in [4.69, 9.17) is 5.73 Å². The van der Waals surface area contributed by atoms with Gasteiger partial charge in [0, 0.05) is 25.7 Å². The summed E-state index contributed by atoms with van der Waals surface area (Å²) < 4.78 is 0. The Labute approximate surface area is 124 Å². The van der Waals surface area contributed by atoms with Gasteiger partial charge in [0.1, 0.15) is 11.4 Å². The van der Waals surface area contributed by atoms with Gasteiger partial charge >= 0.3 is 6.03 Å². The van der Waals surface area contributed by atoms with Gasteiger partial charge in [-0.15, -0.1) is 0 Å². The first kappa shape index (κ1) is 12.8. The molecular formula is C16H20N4O. The molecule has 4 rings (SSSR count). The van der Waals surface area contributed by atoms with E-state index in [0.29, 0.717) is 18.4 Å². The number of benzene rings is 1. The Balaban J connectivity index is 1.60. The lowest BCUT2D eigenvalue weighted by molar-refractivity contribution is 0.164. The Morgan fingerprint density at radius 1 is 1.29 bits per heavy atom. The molecule has 3 aliphatic rings. The minimum atomic E-state index is -0.379. The van der Waals surface area contributed by atoms with Gasteiger partial charge in [0.25, 0.3) is 0 Å². The van der Waals surface area contributed by atoms with E-state index in [2.05, 4.69) is 9.89 Å². The monoisotopic (exact) mass is 284 g/mol. The van der Waals surface area contributed by atoms with Crippen LogP contribution in [0.5, 0.6) is 0 Å². The van der Waals surface area contributed by atoms with Crippen LogP contribution >= 0.6 is 0 Å². The molecule has 2 aliphatic heterocycles. The Kier molecular flexibility index (Phi) is 2.79. The van der Waals surface area contributed by atoms with Crippen LogP contribution in [0.4, 0.5) is 4.79 Å². The van der Waals surface area contributed by atoms with E-state index in [-0.39, 0.29) is 11.6 Å². The summed E-state index contributed by atoms with van der Waals surface area (Å²) >= 11 is 0. The van der Waals surface area contributed by atoms with Crippen LogP contribution in [-0.4, -0.2) is 46.3 Å². The van der Waals surface area contributed by atoms with E-state index < -0.39 is 0 Å². The highest BCUT2D eigenvalue weighted by molar-refractivity contribution is 6.06. The van der Waals surface area contributed by atoms with Crippen molar-refractivity contribution >= 4 is 11.9 Å². The van der Waals surface area contributed by atoms with E-state index in [1.807, 2.05) is 35.2 Å². The van der Waals surface area contributed by atoms with Crippen molar-refractivity contribution in [1.29, 1.82) is 0 Å². The fourth-order valence-corrected chi connectivity index (χ4v) is 3.58. The van der Waals surface area contributed by atoms with Crippen molar-refractivity contribution in [1.82, 2.24) is 9.80 Å². The number of aliphatic imine (C=N–C) groups is 1. The maximum Gasteiger partial charge on any atom is 0.346 e. The second kappa shape index (κ2) is 4.56. The summed E-state index contributed by atoms with van der Waals surface area (Å²) in [7, 11) is 0. The highest BCUT2D eigenvalue weighted by Crippen LogP contribution is 2.39. The number of likely N-dealkylation sites (tertiary alicyclic amines) is 1. The first-order valence-electron chi connectivity index (χ1n) is 7.63. The maximum absolute atomic E-state index is 12.3. The van der Waals surface area contributed by atoms with Crippen molar-refractivity contribution in [3.8, 4) is 0 Å². The van der Waals surface area contributed by atoms with Gasteiger partial charge in [-0.2, -0.15) is 4.99 Å². The maximum atomic E-state index is 12.3. The summed E-state index contributed by atoms with van der Waals surface area (Å²) in [6, 6.07) is 10.6. The normalized spacial score (nSPS) is 29.4. The molecule has 0 aromatic heterocycles. The molecule has 1 aromatic carbocycles. The van der Waals surface area contributed by atoms with E-state index in [0.717, 1.165) is 25.1 Å². The first-order chi connectivity index (χ1) is 10.2. The van der Waals surface area contributed by atoms with E-state index >= 15 is 0 Å². The molecule has 1 atom stereocenters. The van der Waals surface area contributed by atoms with Crippen molar-refractivity contribution in [2.24, 2.45) is 10.7 Å². The minimum Gasteiger partial charge on any atom is -0.385 e. The molecule has 2 heterocycles. The Hall–Kier alpha value is -1.88. The molecule has 1 aromatic rings. The van der Waals surface area contributed by atoms with E-state index in [9.17, 15) is 4.79 Å². The molecule has 2 fully saturated rings. The third-order valence-corrected chi connectivity index (χ3v) is 4.96. The lowest BCUT2D eigenvalue weighted by Gasteiger charge is -2.34. The predicted molar refractivity (Wildman–Crippen MR) is 80.9 cm³/mol. The highest BCUT2D eigenvalue weighted by atomic mass is 16.2. The van der Waals surface area contributed by atoms with Gasteiger partial charge in [-0.1, -0.05) is 30.3 Å². The Bertz CT molecular complexity index is 596. The molecule has 5 nitrogen and oxygen atoms in total. The lowest BCUT2D eigenvalue weighted by Crippen LogP contribution is -2.55. The molecule has 1 saturated carbocycles. The molecule has 0 bridgehead atoms. The molecule has 0 radical (unpaired) electrons. The van der Waals surface area contributed by atoms with Gasteiger partial charge in [0.2, 0.25) is 0 Å². The minimum absolute atomic E-state index is 0.186. The van der Waals surface area contributed by atoms with Crippen LogP contribution < -0.4 is 5.73 Å². The van der Waals surface area contributed by atoms with Crippen LogP contribution in [0.15, 0.2) is 35.3 Å². The van der Waals surface area contributed by atoms with Crippen LogP contribution in [0.25, 0.3) is 0 Å². The van der Waals surface area contributed by atoms with Gasteiger partial charge in [-0.25, -0.2) is 4.79 Å². The smallest absolute Gasteiger partial charge is 0.346 e. The van der Waals surface area contributed by atoms with Gasteiger partial charge in [-0.05, 0) is 24.8 Å². The number of hydrogen-bond acceptors (Lipinski definition) is 3. The van der Waals surface area contributed by atoms with E-state index in [1.165, 1.54) is 12.8 Å². The number of rotatable bonds is 3. The summed E-state index contributed by atoms with van der Waals surface area (Å²) in [4.78, 5) is 20.7. The number of amidine groups is 1. The fraction of sp³-hybridized carbons (Fsp3) is 0.500. The quantitative estimate of drug-likeness (QED) is 0.917. The second-order valence-electron chi connectivity index (χ2n) is 6.33. The van der Waals surface area contributed by atoms with Crippen molar-refractivity contribution in [3.63, 3.8) is 0 Å². The molecule has 21 heavy (non-hydrogen) atoms. The SMILES string of the molecule is NC1=NC(=O)N(Cc2ccccc2)C12CCN(C1CC1)C2. The zero-order chi connectivity index (χ0) is 14.4. The number of amides is 2. The summed E-state index contributed by atoms with van der Waals surface area (Å²) in [5.74, 6) is 0.506. The molecule has 1 unspecified atom stereocenters. The fourth-order valence-electron chi connectivity index (χ4n) is 3.58. The summed E-state index contributed by atoms with van der Waals surface area (Å²) in [5.41, 5.74) is 6.90. The Morgan fingerprint density at radius 3 is 2.76 bits per heavy atom. The van der Waals surface area contributed by atoms with Gasteiger partial charge in [0.05, 0.1) is 0 Å². The number of carbonyl (C=O) groups excluding carboxylic acids is 1. The van der Waals surface area contributed by atoms with E-state index in [1.54, 1.807) is 0 Å². The van der Waals surface area contributed by atoms with Gasteiger partial charge in [-0.3, -0.25) is 4.90 Å². The van der Waals surface area contributed by atoms with Crippen LogP contribution in [0.1, 0.15) is 24.8 Å². The van der Waals surface area contributed by atoms with Crippen LogP contribution in [0, 0.1) is 0 Å². The highest BCUT2D eigenvalue weighted by Gasteiger charge is 2.54. The van der Waals surface area contributed by atoms with Crippen molar-refractivity contribution in [2.75, 3.05) is 13.1 Å². The molecule has 2 amide bonds. The number of nitrogens with two attached hydrogens (primary N) is 1. The molecular weight excluding hydrogens is 264 g/mol. The predicted octanol–water partition coefficient (Wildman–Crippen LogP) is 1.59. The Morgan fingerprint density at radius 2 is 2.05 bits per heavy atom. The average Bonchev–Trinajstić information content (AvgIpc) is 3.20. The molecule has 2 N–H and O–H groups in total. The van der Waals surface area contributed by atoms with Crippen molar-refractivity contribution in [3.05, 3.63) is 35.9 Å². The lowest BCUT2D eigenvalue weighted by atomic mass is 9.95. The van der Waals surface area contributed by atoms with Crippen molar-refractivity contribution < 1.29 is 4.79 Å². The largest absolute Gasteiger partial charge is 0.385 e. The molecule has 5 heteroatoms. The van der Waals surface area contributed by atoms with Gasteiger partial charge in [0.15, 0.2) is 0 Å². The molecule has 110 valence electrons. The number of urea groups is 1. The number of nitrogens with zero attached hydrogens (tertiary/aromatic N) is 3. The third kappa shape index (κ3) is 2.03.